The molecule has 0 unspecified atom stereocenters. The number of halogens is 3. The predicted octanol–water partition coefficient (Wildman–Crippen LogP) is 3.28. The molecule has 66 valence electrons. The standard InChI is InChI=1S/C8H3Br3N2/c1-2-3-13-7(10)5(4-12)6(9)8(13)11/h1H,3H2. The van der Waals surface area contributed by atoms with E-state index in [1.807, 2.05) is 0 Å². The molecule has 0 aromatic carbocycles. The van der Waals surface area contributed by atoms with E-state index < -0.39 is 0 Å². The summed E-state index contributed by atoms with van der Waals surface area (Å²) >= 11 is 9.93. The molecule has 0 spiro atoms. The van der Waals surface area contributed by atoms with E-state index >= 15 is 0 Å². The summed E-state index contributed by atoms with van der Waals surface area (Å²) in [6.07, 6.45) is 5.19. The highest BCUT2D eigenvalue weighted by molar-refractivity contribution is 9.13. The van der Waals surface area contributed by atoms with E-state index in [0.29, 0.717) is 16.7 Å². The van der Waals surface area contributed by atoms with Gasteiger partial charge in [-0.3, -0.25) is 0 Å². The summed E-state index contributed by atoms with van der Waals surface area (Å²) in [4.78, 5) is 0. The Labute approximate surface area is 101 Å². The maximum atomic E-state index is 8.81. The van der Waals surface area contributed by atoms with Gasteiger partial charge >= 0.3 is 0 Å². The number of terminal acetylenes is 1. The van der Waals surface area contributed by atoms with Gasteiger partial charge in [0, 0.05) is 0 Å². The lowest BCUT2D eigenvalue weighted by Gasteiger charge is -2.00. The molecule has 0 amide bonds. The van der Waals surface area contributed by atoms with Gasteiger partial charge < -0.3 is 4.57 Å². The van der Waals surface area contributed by atoms with E-state index in [-0.39, 0.29) is 0 Å². The second kappa shape index (κ2) is 4.32. The Morgan fingerprint density at radius 2 is 1.92 bits per heavy atom. The lowest BCUT2D eigenvalue weighted by atomic mass is 10.4. The molecule has 0 aliphatic rings. The third kappa shape index (κ3) is 1.83. The molecule has 0 atom stereocenters. The second-order valence-corrected chi connectivity index (χ2v) is 4.47. The zero-order chi connectivity index (χ0) is 10.0. The Bertz CT molecular complexity index is 420. The fourth-order valence-corrected chi connectivity index (χ4v) is 2.94. The van der Waals surface area contributed by atoms with Gasteiger partial charge in [-0.15, -0.1) is 6.42 Å². The maximum Gasteiger partial charge on any atom is 0.106 e. The van der Waals surface area contributed by atoms with Crippen molar-refractivity contribution in [1.29, 1.82) is 5.26 Å². The minimum Gasteiger partial charge on any atom is -0.316 e. The van der Waals surface area contributed by atoms with Crippen LogP contribution in [0.25, 0.3) is 0 Å². The van der Waals surface area contributed by atoms with Gasteiger partial charge in [0.25, 0.3) is 0 Å². The van der Waals surface area contributed by atoms with E-state index in [1.165, 1.54) is 0 Å². The van der Waals surface area contributed by atoms with Crippen LogP contribution >= 0.6 is 47.8 Å². The maximum absolute atomic E-state index is 8.81. The van der Waals surface area contributed by atoms with Crippen LogP contribution in [-0.2, 0) is 6.54 Å². The number of nitriles is 1. The summed E-state index contributed by atoms with van der Waals surface area (Å²) in [5.41, 5.74) is 0.544. The molecular formula is C8H3Br3N2. The van der Waals surface area contributed by atoms with Crippen LogP contribution in [0, 0.1) is 23.7 Å². The minimum absolute atomic E-state index is 0.418. The van der Waals surface area contributed by atoms with E-state index in [2.05, 4.69) is 59.8 Å². The summed E-state index contributed by atoms with van der Waals surface area (Å²) in [6.45, 7) is 0.418. The molecule has 0 saturated carbocycles. The Kier molecular flexibility index (Phi) is 3.61. The first-order valence-electron chi connectivity index (χ1n) is 3.20. The van der Waals surface area contributed by atoms with Crippen molar-refractivity contribution in [2.75, 3.05) is 0 Å². The van der Waals surface area contributed by atoms with E-state index in [1.54, 1.807) is 4.57 Å². The van der Waals surface area contributed by atoms with Crippen molar-refractivity contribution < 1.29 is 0 Å². The predicted molar refractivity (Wildman–Crippen MR) is 61.1 cm³/mol. The fourth-order valence-electron chi connectivity index (χ4n) is 0.859. The van der Waals surface area contributed by atoms with Crippen molar-refractivity contribution in [2.24, 2.45) is 0 Å². The molecule has 2 nitrogen and oxygen atoms in total. The summed E-state index contributed by atoms with van der Waals surface area (Å²) in [5, 5.41) is 8.81. The first-order valence-corrected chi connectivity index (χ1v) is 5.58. The molecule has 1 aromatic heterocycles. The second-order valence-electron chi connectivity index (χ2n) is 2.17. The number of nitrogens with zero attached hydrogens (tertiary/aromatic N) is 2. The van der Waals surface area contributed by atoms with Gasteiger partial charge in [0.15, 0.2) is 0 Å². The molecule has 0 saturated heterocycles. The average Bonchev–Trinajstić information content (AvgIpc) is 2.31. The molecule has 0 radical (unpaired) electrons. The Morgan fingerprint density at radius 1 is 1.31 bits per heavy atom. The van der Waals surface area contributed by atoms with Gasteiger partial charge in [0.05, 0.1) is 16.6 Å². The van der Waals surface area contributed by atoms with Crippen molar-refractivity contribution in [3.63, 3.8) is 0 Å². The summed E-state index contributed by atoms with van der Waals surface area (Å²) in [5.74, 6) is 2.50. The van der Waals surface area contributed by atoms with Gasteiger partial charge in [-0.25, -0.2) is 0 Å². The number of rotatable bonds is 1. The molecule has 1 heterocycles. The van der Waals surface area contributed by atoms with Gasteiger partial charge in [-0.2, -0.15) is 5.26 Å². The fraction of sp³-hybridized carbons (Fsp3) is 0.125. The van der Waals surface area contributed by atoms with Crippen LogP contribution in [0.5, 0.6) is 0 Å². The van der Waals surface area contributed by atoms with Crippen LogP contribution in [0.4, 0.5) is 0 Å². The van der Waals surface area contributed by atoms with Gasteiger partial charge in [0.2, 0.25) is 0 Å². The number of hydrogen-bond acceptors (Lipinski definition) is 1. The van der Waals surface area contributed by atoms with Crippen LogP contribution in [0.1, 0.15) is 5.56 Å². The minimum atomic E-state index is 0.418. The number of hydrogen-bond donors (Lipinski definition) is 0. The Morgan fingerprint density at radius 3 is 2.31 bits per heavy atom. The van der Waals surface area contributed by atoms with Crippen molar-refractivity contribution in [2.45, 2.75) is 6.54 Å². The lowest BCUT2D eigenvalue weighted by molar-refractivity contribution is 0.806. The van der Waals surface area contributed by atoms with Crippen molar-refractivity contribution in [3.8, 4) is 18.4 Å². The Balaban J connectivity index is 3.40. The monoisotopic (exact) mass is 364 g/mol. The first-order chi connectivity index (χ1) is 6.13. The number of aromatic nitrogens is 1. The van der Waals surface area contributed by atoms with E-state index in [0.717, 1.165) is 9.08 Å². The van der Waals surface area contributed by atoms with Gasteiger partial charge in [-0.1, -0.05) is 5.92 Å². The van der Waals surface area contributed by atoms with E-state index in [9.17, 15) is 0 Å². The van der Waals surface area contributed by atoms with Crippen LogP contribution in [0.3, 0.4) is 0 Å². The highest BCUT2D eigenvalue weighted by atomic mass is 79.9. The molecule has 1 rings (SSSR count). The zero-order valence-electron chi connectivity index (χ0n) is 6.31. The van der Waals surface area contributed by atoms with Crippen LogP contribution in [-0.4, -0.2) is 4.57 Å². The molecule has 0 bridgehead atoms. The molecular weight excluding hydrogens is 364 g/mol. The van der Waals surface area contributed by atoms with E-state index in [4.69, 9.17) is 11.7 Å². The highest BCUT2D eigenvalue weighted by Gasteiger charge is 2.16. The zero-order valence-corrected chi connectivity index (χ0v) is 11.1. The van der Waals surface area contributed by atoms with Crippen molar-refractivity contribution in [1.82, 2.24) is 4.57 Å². The first kappa shape index (κ1) is 10.8. The third-order valence-electron chi connectivity index (χ3n) is 1.44. The SMILES string of the molecule is C#CCn1c(Br)c(Br)c(C#N)c1Br. The third-order valence-corrected chi connectivity index (χ3v) is 4.40. The van der Waals surface area contributed by atoms with Gasteiger partial charge in [-0.05, 0) is 47.8 Å². The lowest BCUT2D eigenvalue weighted by Crippen LogP contribution is -1.95. The molecule has 0 N–H and O–H groups in total. The molecule has 0 aliphatic heterocycles. The summed E-state index contributed by atoms with van der Waals surface area (Å²) in [6, 6.07) is 2.07. The molecule has 13 heavy (non-hydrogen) atoms. The van der Waals surface area contributed by atoms with Crippen LogP contribution < -0.4 is 0 Å². The van der Waals surface area contributed by atoms with Crippen LogP contribution in [0.2, 0.25) is 0 Å². The van der Waals surface area contributed by atoms with Gasteiger partial charge in [0.1, 0.15) is 15.3 Å². The quantitative estimate of drug-likeness (QED) is 0.701. The topological polar surface area (TPSA) is 28.7 Å². The van der Waals surface area contributed by atoms with Crippen LogP contribution in [0.15, 0.2) is 13.7 Å². The molecule has 5 heteroatoms. The largest absolute Gasteiger partial charge is 0.316 e. The highest BCUT2D eigenvalue weighted by Crippen LogP contribution is 2.35. The molecule has 0 aliphatic carbocycles. The normalized spacial score (nSPS) is 9.31. The summed E-state index contributed by atoms with van der Waals surface area (Å²) in [7, 11) is 0. The Hall–Kier alpha value is -0.230. The summed E-state index contributed by atoms with van der Waals surface area (Å²) < 4.78 is 3.96. The van der Waals surface area contributed by atoms with Crippen molar-refractivity contribution in [3.05, 3.63) is 19.2 Å². The molecule has 0 fully saturated rings. The van der Waals surface area contributed by atoms with Crippen molar-refractivity contribution >= 4 is 47.8 Å². The smallest absolute Gasteiger partial charge is 0.106 e. The average molecular weight is 367 g/mol. The molecule has 1 aromatic rings.